The summed E-state index contributed by atoms with van der Waals surface area (Å²) < 4.78 is 5.38. The number of nitrogens with zero attached hydrogens (tertiary/aromatic N) is 1. The zero-order valence-corrected chi connectivity index (χ0v) is 10.3. The van der Waals surface area contributed by atoms with E-state index in [2.05, 4.69) is 4.98 Å². The number of ether oxygens (including phenoxy) is 1. The van der Waals surface area contributed by atoms with Gasteiger partial charge in [-0.25, -0.2) is 4.79 Å². The molecule has 0 aromatic carbocycles. The summed E-state index contributed by atoms with van der Waals surface area (Å²) >= 11 is 0. The first-order valence-corrected chi connectivity index (χ1v) is 6.24. The average Bonchev–Trinajstić information content (AvgIpc) is 3.06. The molecule has 3 rings (SSSR count). The van der Waals surface area contributed by atoms with Crippen molar-refractivity contribution in [1.29, 1.82) is 0 Å². The molecule has 5 heteroatoms. The Balaban J connectivity index is 1.88. The molecule has 0 bridgehead atoms. The number of aromatic carboxylic acids is 1. The summed E-state index contributed by atoms with van der Waals surface area (Å²) in [4.78, 5) is 27.5. The van der Waals surface area contributed by atoms with E-state index in [1.165, 1.54) is 12.3 Å². The van der Waals surface area contributed by atoms with Crippen molar-refractivity contribution in [3.63, 3.8) is 0 Å². The quantitative estimate of drug-likeness (QED) is 0.889. The lowest BCUT2D eigenvalue weighted by Crippen LogP contribution is -2.21. The van der Waals surface area contributed by atoms with Crippen LogP contribution in [0.1, 0.15) is 34.5 Å². The van der Waals surface area contributed by atoms with E-state index in [4.69, 9.17) is 9.84 Å². The SMILES string of the molecule is O=C(O)c1ccnc2c1CC(C(=O)C1CCCO1)=C2. The van der Waals surface area contributed by atoms with Gasteiger partial charge in [0.1, 0.15) is 6.10 Å². The van der Waals surface area contributed by atoms with Crippen molar-refractivity contribution in [2.75, 3.05) is 6.61 Å². The fourth-order valence-corrected chi connectivity index (χ4v) is 2.58. The van der Waals surface area contributed by atoms with Crippen LogP contribution in [0.15, 0.2) is 17.8 Å². The summed E-state index contributed by atoms with van der Waals surface area (Å²) in [7, 11) is 0. The summed E-state index contributed by atoms with van der Waals surface area (Å²) in [5, 5.41) is 9.12. The van der Waals surface area contributed by atoms with Crippen molar-refractivity contribution in [1.82, 2.24) is 4.98 Å². The Kier molecular flexibility index (Phi) is 2.91. The second kappa shape index (κ2) is 4.59. The van der Waals surface area contributed by atoms with Crippen molar-refractivity contribution in [2.24, 2.45) is 0 Å². The molecule has 0 spiro atoms. The number of aromatic nitrogens is 1. The molecule has 5 nitrogen and oxygen atoms in total. The van der Waals surface area contributed by atoms with Crippen LogP contribution in [0, 0.1) is 0 Å². The minimum atomic E-state index is -0.988. The monoisotopic (exact) mass is 259 g/mol. The zero-order chi connectivity index (χ0) is 13.4. The van der Waals surface area contributed by atoms with Gasteiger partial charge in [-0.2, -0.15) is 0 Å². The maximum atomic E-state index is 12.2. The molecule has 19 heavy (non-hydrogen) atoms. The third kappa shape index (κ3) is 2.06. The molecule has 1 unspecified atom stereocenters. The van der Waals surface area contributed by atoms with E-state index in [-0.39, 0.29) is 17.5 Å². The van der Waals surface area contributed by atoms with E-state index in [0.29, 0.717) is 29.9 Å². The minimum absolute atomic E-state index is 0.0353. The minimum Gasteiger partial charge on any atom is -0.478 e. The molecule has 1 saturated heterocycles. The molecule has 98 valence electrons. The summed E-state index contributed by atoms with van der Waals surface area (Å²) in [5.74, 6) is -1.02. The highest BCUT2D eigenvalue weighted by Crippen LogP contribution is 2.29. The van der Waals surface area contributed by atoms with Crippen molar-refractivity contribution in [2.45, 2.75) is 25.4 Å². The number of carboxylic acid groups (broad SMARTS) is 1. The highest BCUT2D eigenvalue weighted by atomic mass is 16.5. The molecule has 0 radical (unpaired) electrons. The van der Waals surface area contributed by atoms with E-state index in [9.17, 15) is 9.59 Å². The zero-order valence-electron chi connectivity index (χ0n) is 10.3. The molecular weight excluding hydrogens is 246 g/mol. The highest BCUT2D eigenvalue weighted by molar-refractivity contribution is 6.05. The van der Waals surface area contributed by atoms with Gasteiger partial charge in [-0.15, -0.1) is 0 Å². The summed E-state index contributed by atoms with van der Waals surface area (Å²) in [5.41, 5.74) is 2.03. The molecule has 1 aliphatic heterocycles. The van der Waals surface area contributed by atoms with E-state index < -0.39 is 5.97 Å². The highest BCUT2D eigenvalue weighted by Gasteiger charge is 2.30. The smallest absolute Gasteiger partial charge is 0.336 e. The van der Waals surface area contributed by atoms with Crippen LogP contribution in [-0.4, -0.2) is 34.6 Å². The predicted molar refractivity (Wildman–Crippen MR) is 66.9 cm³/mol. The van der Waals surface area contributed by atoms with Crippen molar-refractivity contribution in [3.8, 4) is 0 Å². The molecule has 0 saturated carbocycles. The maximum Gasteiger partial charge on any atom is 0.336 e. The van der Waals surface area contributed by atoms with Gasteiger partial charge in [-0.05, 0) is 30.5 Å². The molecule has 1 aliphatic carbocycles. The molecule has 1 aromatic rings. The molecule has 2 heterocycles. The number of hydrogen-bond acceptors (Lipinski definition) is 4. The number of carbonyl (C=O) groups excluding carboxylic acids is 1. The lowest BCUT2D eigenvalue weighted by Gasteiger charge is -2.08. The van der Waals surface area contributed by atoms with Crippen LogP contribution in [-0.2, 0) is 16.0 Å². The third-order valence-electron chi connectivity index (χ3n) is 3.54. The molecule has 1 atom stereocenters. The van der Waals surface area contributed by atoms with Crippen LogP contribution < -0.4 is 0 Å². The van der Waals surface area contributed by atoms with Crippen molar-refractivity contribution in [3.05, 3.63) is 34.7 Å². The van der Waals surface area contributed by atoms with Gasteiger partial charge >= 0.3 is 5.97 Å². The number of carbonyl (C=O) groups is 2. The van der Waals surface area contributed by atoms with Crippen molar-refractivity contribution < 1.29 is 19.4 Å². The Morgan fingerprint density at radius 3 is 2.95 bits per heavy atom. The second-order valence-corrected chi connectivity index (χ2v) is 4.74. The standard InChI is InChI=1S/C14H13NO4/c16-13(12-2-1-5-19-12)8-6-10-9(14(17)18)3-4-15-11(10)7-8/h3-4,7,12H,1-2,5-6H2,(H,17,18). The number of carboxylic acids is 1. The summed E-state index contributed by atoms with van der Waals surface area (Å²) in [6.45, 7) is 0.620. The van der Waals surface area contributed by atoms with Crippen LogP contribution in [0.3, 0.4) is 0 Å². The van der Waals surface area contributed by atoms with E-state index in [1.807, 2.05) is 0 Å². The lowest BCUT2D eigenvalue weighted by atomic mass is 10.0. The Labute approximate surface area is 109 Å². The van der Waals surface area contributed by atoms with Crippen LogP contribution in [0.25, 0.3) is 6.08 Å². The first-order chi connectivity index (χ1) is 9.16. The average molecular weight is 259 g/mol. The maximum absolute atomic E-state index is 12.2. The molecule has 1 fully saturated rings. The molecular formula is C14H13NO4. The van der Waals surface area contributed by atoms with Crippen LogP contribution in [0.5, 0.6) is 0 Å². The topological polar surface area (TPSA) is 76.5 Å². The normalized spacial score (nSPS) is 21.1. The van der Waals surface area contributed by atoms with Gasteiger partial charge in [0.05, 0.1) is 11.3 Å². The van der Waals surface area contributed by atoms with Gasteiger partial charge in [0, 0.05) is 24.8 Å². The Bertz CT molecular complexity index is 585. The first kappa shape index (κ1) is 12.0. The molecule has 0 amide bonds. The Hall–Kier alpha value is -2.01. The van der Waals surface area contributed by atoms with Crippen LogP contribution in [0.2, 0.25) is 0 Å². The molecule has 1 aromatic heterocycles. The lowest BCUT2D eigenvalue weighted by molar-refractivity contribution is -0.124. The third-order valence-corrected chi connectivity index (χ3v) is 3.54. The summed E-state index contributed by atoms with van der Waals surface area (Å²) in [6, 6.07) is 1.47. The Morgan fingerprint density at radius 1 is 1.42 bits per heavy atom. The number of hydrogen-bond donors (Lipinski definition) is 1. The number of ketones is 1. The predicted octanol–water partition coefficient (Wildman–Crippen LogP) is 1.47. The fraction of sp³-hybridized carbons (Fsp3) is 0.357. The number of Topliss-reactive ketones (excluding diaryl/α,β-unsaturated/α-hetero) is 1. The van der Waals surface area contributed by atoms with E-state index >= 15 is 0 Å². The summed E-state index contributed by atoms with van der Waals surface area (Å²) in [6.07, 6.45) is 4.75. The molecule has 2 aliphatic rings. The number of rotatable bonds is 3. The number of pyridine rings is 1. The second-order valence-electron chi connectivity index (χ2n) is 4.74. The van der Waals surface area contributed by atoms with Gasteiger partial charge in [0.25, 0.3) is 0 Å². The van der Waals surface area contributed by atoms with Gasteiger partial charge in [-0.1, -0.05) is 0 Å². The van der Waals surface area contributed by atoms with Crippen LogP contribution >= 0.6 is 0 Å². The molecule has 1 N–H and O–H groups in total. The van der Waals surface area contributed by atoms with Gasteiger partial charge < -0.3 is 9.84 Å². The van der Waals surface area contributed by atoms with E-state index in [0.717, 1.165) is 12.8 Å². The van der Waals surface area contributed by atoms with E-state index in [1.54, 1.807) is 6.08 Å². The Morgan fingerprint density at radius 2 is 2.26 bits per heavy atom. The van der Waals surface area contributed by atoms with Gasteiger partial charge in [0.2, 0.25) is 0 Å². The van der Waals surface area contributed by atoms with Crippen LogP contribution in [0.4, 0.5) is 0 Å². The van der Waals surface area contributed by atoms with Gasteiger partial charge in [-0.3, -0.25) is 9.78 Å². The fourth-order valence-electron chi connectivity index (χ4n) is 2.58. The largest absolute Gasteiger partial charge is 0.478 e. The number of fused-ring (bicyclic) bond motifs is 1. The first-order valence-electron chi connectivity index (χ1n) is 6.24. The van der Waals surface area contributed by atoms with Crippen molar-refractivity contribution >= 4 is 17.8 Å². The van der Waals surface area contributed by atoms with Gasteiger partial charge in [0.15, 0.2) is 5.78 Å².